The molecular formula is C24H31N3O2. The molecule has 29 heavy (non-hydrogen) atoms. The Morgan fingerprint density at radius 2 is 1.93 bits per heavy atom. The molecule has 1 aromatic heterocycles. The molecule has 0 saturated heterocycles. The number of nitrogens with zero attached hydrogens (tertiary/aromatic N) is 3. The van der Waals surface area contributed by atoms with Crippen LogP contribution in [0, 0.1) is 6.92 Å². The van der Waals surface area contributed by atoms with Crippen LogP contribution in [-0.2, 0) is 22.7 Å². The van der Waals surface area contributed by atoms with Crippen molar-refractivity contribution < 1.29 is 9.59 Å². The molecule has 1 aliphatic rings. The van der Waals surface area contributed by atoms with Gasteiger partial charge in [0.25, 0.3) is 0 Å². The van der Waals surface area contributed by atoms with Crippen molar-refractivity contribution in [3.05, 3.63) is 72.1 Å². The number of rotatable bonds is 10. The van der Waals surface area contributed by atoms with E-state index in [9.17, 15) is 9.59 Å². The predicted octanol–water partition coefficient (Wildman–Crippen LogP) is 3.76. The highest BCUT2D eigenvalue weighted by Crippen LogP contribution is 2.27. The van der Waals surface area contributed by atoms with Gasteiger partial charge in [0.1, 0.15) is 6.54 Å². The molecule has 5 heteroatoms. The van der Waals surface area contributed by atoms with Crippen molar-refractivity contribution >= 4 is 11.8 Å². The summed E-state index contributed by atoms with van der Waals surface area (Å²) in [6.07, 6.45) is 6.23. The maximum absolute atomic E-state index is 13.0. The summed E-state index contributed by atoms with van der Waals surface area (Å²) in [7, 11) is 0. The molecule has 1 aromatic carbocycles. The molecule has 5 nitrogen and oxygen atoms in total. The standard InChI is InChI=1S/C24H31N3O2/c1-4-14-26(24(29)18-27(21-12-13-21)23(28)5-2)17-22-11-8-15-25(22)16-20-10-7-6-9-19(20)3/h4,6-11,15,21H,1,5,12-14,16-18H2,2-3H3. The monoisotopic (exact) mass is 393 g/mol. The van der Waals surface area contributed by atoms with E-state index in [1.54, 1.807) is 15.9 Å². The van der Waals surface area contributed by atoms with Gasteiger partial charge in [-0.15, -0.1) is 6.58 Å². The van der Waals surface area contributed by atoms with Crippen molar-refractivity contribution in [3.8, 4) is 0 Å². The number of benzene rings is 1. The third-order valence-corrected chi connectivity index (χ3v) is 5.50. The van der Waals surface area contributed by atoms with Gasteiger partial charge in [0.15, 0.2) is 0 Å². The Hall–Kier alpha value is -2.82. The second-order valence-electron chi connectivity index (χ2n) is 7.72. The molecule has 0 bridgehead atoms. The fourth-order valence-electron chi connectivity index (χ4n) is 3.58. The van der Waals surface area contributed by atoms with Gasteiger partial charge in [-0.05, 0) is 43.0 Å². The zero-order chi connectivity index (χ0) is 20.8. The minimum Gasteiger partial charge on any atom is -0.345 e. The zero-order valence-electron chi connectivity index (χ0n) is 17.5. The molecule has 1 saturated carbocycles. The van der Waals surface area contributed by atoms with Crippen LogP contribution in [0.4, 0.5) is 0 Å². The summed E-state index contributed by atoms with van der Waals surface area (Å²) in [6.45, 7) is 9.67. The zero-order valence-corrected chi connectivity index (χ0v) is 17.5. The molecule has 2 amide bonds. The highest BCUT2D eigenvalue weighted by Gasteiger charge is 2.33. The predicted molar refractivity (Wildman–Crippen MR) is 115 cm³/mol. The Morgan fingerprint density at radius 1 is 1.17 bits per heavy atom. The quantitative estimate of drug-likeness (QED) is 0.577. The second kappa shape index (κ2) is 9.59. The van der Waals surface area contributed by atoms with E-state index in [1.165, 1.54) is 11.1 Å². The van der Waals surface area contributed by atoms with Crippen LogP contribution < -0.4 is 0 Å². The van der Waals surface area contributed by atoms with Gasteiger partial charge in [-0.3, -0.25) is 9.59 Å². The van der Waals surface area contributed by atoms with Gasteiger partial charge in [-0.25, -0.2) is 0 Å². The van der Waals surface area contributed by atoms with Gasteiger partial charge < -0.3 is 14.4 Å². The molecule has 3 rings (SSSR count). The first-order chi connectivity index (χ1) is 14.0. The minimum atomic E-state index is -0.0257. The third kappa shape index (κ3) is 5.37. The van der Waals surface area contributed by atoms with Gasteiger partial charge in [-0.1, -0.05) is 37.3 Å². The molecule has 0 atom stereocenters. The van der Waals surface area contributed by atoms with Crippen molar-refractivity contribution in [2.24, 2.45) is 0 Å². The van der Waals surface area contributed by atoms with Gasteiger partial charge >= 0.3 is 0 Å². The first-order valence-electron chi connectivity index (χ1n) is 10.4. The lowest BCUT2D eigenvalue weighted by molar-refractivity contribution is -0.141. The highest BCUT2D eigenvalue weighted by molar-refractivity contribution is 5.85. The van der Waals surface area contributed by atoms with Crippen molar-refractivity contribution in [1.82, 2.24) is 14.4 Å². The second-order valence-corrected chi connectivity index (χ2v) is 7.72. The molecule has 0 N–H and O–H groups in total. The molecule has 0 aliphatic heterocycles. The third-order valence-electron chi connectivity index (χ3n) is 5.50. The van der Waals surface area contributed by atoms with Crippen LogP contribution in [0.5, 0.6) is 0 Å². The normalized spacial score (nSPS) is 13.2. The van der Waals surface area contributed by atoms with E-state index in [0.29, 0.717) is 19.5 Å². The van der Waals surface area contributed by atoms with Crippen LogP contribution in [-0.4, -0.2) is 45.3 Å². The number of hydrogen-bond acceptors (Lipinski definition) is 2. The molecule has 2 aromatic rings. The van der Waals surface area contributed by atoms with Crippen LogP contribution >= 0.6 is 0 Å². The Morgan fingerprint density at radius 3 is 2.59 bits per heavy atom. The van der Waals surface area contributed by atoms with Gasteiger partial charge in [-0.2, -0.15) is 0 Å². The lowest BCUT2D eigenvalue weighted by Crippen LogP contribution is -2.43. The maximum Gasteiger partial charge on any atom is 0.242 e. The molecule has 0 spiro atoms. The molecule has 1 aliphatic carbocycles. The average Bonchev–Trinajstić information content (AvgIpc) is 3.47. The van der Waals surface area contributed by atoms with Gasteiger partial charge in [0.2, 0.25) is 11.8 Å². The van der Waals surface area contributed by atoms with E-state index < -0.39 is 0 Å². The summed E-state index contributed by atoms with van der Waals surface area (Å²) in [4.78, 5) is 28.8. The van der Waals surface area contributed by atoms with Crippen LogP contribution in [0.3, 0.4) is 0 Å². The molecule has 1 heterocycles. The van der Waals surface area contributed by atoms with E-state index >= 15 is 0 Å². The fourth-order valence-corrected chi connectivity index (χ4v) is 3.58. The number of carbonyl (C=O) groups is 2. The fraction of sp³-hybridized carbons (Fsp3) is 0.417. The minimum absolute atomic E-state index is 0.0257. The summed E-state index contributed by atoms with van der Waals surface area (Å²) in [5.74, 6) is 0.0320. The summed E-state index contributed by atoms with van der Waals surface area (Å²) >= 11 is 0. The SMILES string of the molecule is C=CCN(Cc1cccn1Cc1ccccc1C)C(=O)CN(C(=O)CC)C1CC1. The smallest absolute Gasteiger partial charge is 0.242 e. The molecular weight excluding hydrogens is 362 g/mol. The van der Waals surface area contributed by atoms with Gasteiger partial charge in [0.05, 0.1) is 6.54 Å². The topological polar surface area (TPSA) is 45.6 Å². The van der Waals surface area contributed by atoms with Crippen LogP contribution in [0.2, 0.25) is 0 Å². The maximum atomic E-state index is 13.0. The van der Waals surface area contributed by atoms with E-state index in [4.69, 9.17) is 0 Å². The Balaban J connectivity index is 1.71. The average molecular weight is 394 g/mol. The molecule has 0 radical (unpaired) electrons. The Kier molecular flexibility index (Phi) is 6.91. The van der Waals surface area contributed by atoms with Crippen molar-refractivity contribution in [2.45, 2.75) is 52.2 Å². The van der Waals surface area contributed by atoms with E-state index in [2.05, 4.69) is 48.5 Å². The van der Waals surface area contributed by atoms with Crippen LogP contribution in [0.25, 0.3) is 0 Å². The lowest BCUT2D eigenvalue weighted by atomic mass is 10.1. The largest absolute Gasteiger partial charge is 0.345 e. The summed E-state index contributed by atoms with van der Waals surface area (Å²) < 4.78 is 2.18. The molecule has 154 valence electrons. The Labute approximate surface area is 173 Å². The number of hydrogen-bond donors (Lipinski definition) is 0. The Bertz CT molecular complexity index is 867. The van der Waals surface area contributed by atoms with E-state index in [-0.39, 0.29) is 24.4 Å². The number of amides is 2. The van der Waals surface area contributed by atoms with Crippen LogP contribution in [0.15, 0.2) is 55.3 Å². The van der Waals surface area contributed by atoms with E-state index in [1.807, 2.05) is 19.1 Å². The lowest BCUT2D eigenvalue weighted by Gasteiger charge is -2.27. The number of aromatic nitrogens is 1. The van der Waals surface area contributed by atoms with E-state index in [0.717, 1.165) is 25.1 Å². The van der Waals surface area contributed by atoms with Crippen molar-refractivity contribution in [2.75, 3.05) is 13.1 Å². The first kappa shape index (κ1) is 20.9. The van der Waals surface area contributed by atoms with Gasteiger partial charge in [0, 0.05) is 37.4 Å². The highest BCUT2D eigenvalue weighted by atomic mass is 16.2. The summed E-state index contributed by atoms with van der Waals surface area (Å²) in [5.41, 5.74) is 3.59. The van der Waals surface area contributed by atoms with Crippen LogP contribution in [0.1, 0.15) is 43.0 Å². The molecule has 1 fully saturated rings. The van der Waals surface area contributed by atoms with Crippen molar-refractivity contribution in [3.63, 3.8) is 0 Å². The summed E-state index contributed by atoms with van der Waals surface area (Å²) in [6, 6.07) is 12.7. The number of carbonyl (C=O) groups excluding carboxylic acids is 2. The summed E-state index contributed by atoms with van der Waals surface area (Å²) in [5, 5.41) is 0. The molecule has 0 unspecified atom stereocenters. The number of aryl methyl sites for hydroxylation is 1. The first-order valence-corrected chi connectivity index (χ1v) is 10.4. The van der Waals surface area contributed by atoms with Crippen molar-refractivity contribution in [1.29, 1.82) is 0 Å².